The lowest BCUT2D eigenvalue weighted by molar-refractivity contribution is -0.384. The monoisotopic (exact) mass is 343 g/mol. The van der Waals surface area contributed by atoms with Crippen molar-refractivity contribution in [2.75, 3.05) is 11.9 Å². The lowest BCUT2D eigenvalue weighted by Crippen LogP contribution is -2.41. The first-order chi connectivity index (χ1) is 9.19. The Kier molecular flexibility index (Phi) is 5.50. The number of benzene rings is 1. The maximum absolute atomic E-state index is 11.6. The molecule has 0 saturated carbocycles. The Labute approximate surface area is 126 Å². The van der Waals surface area contributed by atoms with Crippen LogP contribution in [0.3, 0.4) is 0 Å². The van der Waals surface area contributed by atoms with E-state index in [0.29, 0.717) is 17.4 Å². The maximum atomic E-state index is 11.6. The minimum absolute atomic E-state index is 0.0212. The predicted octanol–water partition coefficient (Wildman–Crippen LogP) is 3.07. The quantitative estimate of drug-likeness (QED) is 0.635. The molecule has 0 heterocycles. The zero-order chi connectivity index (χ0) is 15.3. The van der Waals surface area contributed by atoms with Crippen molar-refractivity contribution in [3.8, 4) is 0 Å². The van der Waals surface area contributed by atoms with Crippen LogP contribution >= 0.6 is 15.9 Å². The average molecular weight is 344 g/mol. The summed E-state index contributed by atoms with van der Waals surface area (Å²) in [7, 11) is 0. The fraction of sp³-hybridized carbons (Fsp3) is 0.462. The topological polar surface area (TPSA) is 84.3 Å². The van der Waals surface area contributed by atoms with Gasteiger partial charge in [-0.15, -0.1) is 0 Å². The molecule has 6 nitrogen and oxygen atoms in total. The molecule has 1 rings (SSSR count). The SMILES string of the molecule is CC(C)(C)NC(=O)CCNc1ccc([N+](=O)[O-])cc1Br. The van der Waals surface area contributed by atoms with Crippen LogP contribution in [0.4, 0.5) is 11.4 Å². The van der Waals surface area contributed by atoms with Crippen molar-refractivity contribution < 1.29 is 9.72 Å². The first-order valence-corrected chi connectivity index (χ1v) is 6.97. The van der Waals surface area contributed by atoms with Gasteiger partial charge in [-0.1, -0.05) is 0 Å². The molecule has 0 aliphatic carbocycles. The number of amides is 1. The van der Waals surface area contributed by atoms with Gasteiger partial charge in [0.25, 0.3) is 5.69 Å². The lowest BCUT2D eigenvalue weighted by Gasteiger charge is -2.20. The summed E-state index contributed by atoms with van der Waals surface area (Å²) in [6, 6.07) is 4.46. The number of hydrogen-bond donors (Lipinski definition) is 2. The number of carbonyl (C=O) groups excluding carboxylic acids is 1. The molecule has 20 heavy (non-hydrogen) atoms. The number of rotatable bonds is 5. The minimum atomic E-state index is -0.453. The Hall–Kier alpha value is -1.63. The number of hydrogen-bond acceptors (Lipinski definition) is 4. The number of anilines is 1. The Morgan fingerprint density at radius 1 is 1.40 bits per heavy atom. The second kappa shape index (κ2) is 6.69. The van der Waals surface area contributed by atoms with E-state index in [4.69, 9.17) is 0 Å². The minimum Gasteiger partial charge on any atom is -0.384 e. The number of halogens is 1. The van der Waals surface area contributed by atoms with Crippen LogP contribution in [-0.2, 0) is 4.79 Å². The highest BCUT2D eigenvalue weighted by atomic mass is 79.9. The van der Waals surface area contributed by atoms with Gasteiger partial charge in [-0.25, -0.2) is 0 Å². The number of nitrogens with one attached hydrogen (secondary N) is 2. The number of nitro benzene ring substituents is 1. The van der Waals surface area contributed by atoms with E-state index in [1.165, 1.54) is 12.1 Å². The van der Waals surface area contributed by atoms with Gasteiger partial charge < -0.3 is 10.6 Å². The van der Waals surface area contributed by atoms with E-state index in [1.54, 1.807) is 6.07 Å². The van der Waals surface area contributed by atoms with Crippen LogP contribution in [0.15, 0.2) is 22.7 Å². The van der Waals surface area contributed by atoms with Gasteiger partial charge in [0.15, 0.2) is 0 Å². The third kappa shape index (κ3) is 5.56. The fourth-order valence-electron chi connectivity index (χ4n) is 1.55. The summed E-state index contributed by atoms with van der Waals surface area (Å²) in [5.41, 5.74) is 0.498. The molecule has 0 aromatic heterocycles. The van der Waals surface area contributed by atoms with Crippen molar-refractivity contribution in [3.05, 3.63) is 32.8 Å². The Morgan fingerprint density at radius 3 is 2.55 bits per heavy atom. The van der Waals surface area contributed by atoms with Crippen molar-refractivity contribution in [2.24, 2.45) is 0 Å². The van der Waals surface area contributed by atoms with E-state index in [-0.39, 0.29) is 17.1 Å². The summed E-state index contributed by atoms with van der Waals surface area (Å²) in [5, 5.41) is 16.5. The first kappa shape index (κ1) is 16.4. The van der Waals surface area contributed by atoms with E-state index in [9.17, 15) is 14.9 Å². The largest absolute Gasteiger partial charge is 0.384 e. The molecule has 0 fully saturated rings. The summed E-state index contributed by atoms with van der Waals surface area (Å²) in [6.45, 7) is 6.22. The zero-order valence-electron chi connectivity index (χ0n) is 11.7. The van der Waals surface area contributed by atoms with E-state index >= 15 is 0 Å². The molecular weight excluding hydrogens is 326 g/mol. The van der Waals surface area contributed by atoms with E-state index in [2.05, 4.69) is 26.6 Å². The van der Waals surface area contributed by atoms with Crippen LogP contribution in [0.2, 0.25) is 0 Å². The van der Waals surface area contributed by atoms with Crippen molar-refractivity contribution in [1.82, 2.24) is 5.32 Å². The summed E-state index contributed by atoms with van der Waals surface area (Å²) in [4.78, 5) is 21.8. The van der Waals surface area contributed by atoms with Crippen LogP contribution in [0.25, 0.3) is 0 Å². The molecule has 1 amide bonds. The van der Waals surface area contributed by atoms with Gasteiger partial charge in [0.05, 0.1) is 4.92 Å². The molecule has 0 unspecified atom stereocenters. The second-order valence-corrected chi connectivity index (χ2v) is 6.25. The van der Waals surface area contributed by atoms with Gasteiger partial charge in [0.1, 0.15) is 0 Å². The van der Waals surface area contributed by atoms with Crippen LogP contribution in [-0.4, -0.2) is 22.9 Å². The molecule has 0 aliphatic rings. The molecular formula is C13H18BrN3O3. The summed E-state index contributed by atoms with van der Waals surface area (Å²) in [5.74, 6) is -0.0389. The lowest BCUT2D eigenvalue weighted by atomic mass is 10.1. The van der Waals surface area contributed by atoms with Gasteiger partial charge in [0.2, 0.25) is 5.91 Å². The van der Waals surface area contributed by atoms with Gasteiger partial charge in [-0.3, -0.25) is 14.9 Å². The second-order valence-electron chi connectivity index (χ2n) is 5.40. The highest BCUT2D eigenvalue weighted by Gasteiger charge is 2.13. The molecule has 2 N–H and O–H groups in total. The number of non-ortho nitro benzene ring substituents is 1. The highest BCUT2D eigenvalue weighted by molar-refractivity contribution is 9.10. The number of nitrogens with zero attached hydrogens (tertiary/aromatic N) is 1. The summed E-state index contributed by atoms with van der Waals surface area (Å²) in [6.07, 6.45) is 0.334. The number of nitro groups is 1. The smallest absolute Gasteiger partial charge is 0.270 e. The molecule has 0 radical (unpaired) electrons. The van der Waals surface area contributed by atoms with Gasteiger partial charge in [0, 0.05) is 40.8 Å². The molecule has 0 bridgehead atoms. The van der Waals surface area contributed by atoms with Gasteiger partial charge in [-0.2, -0.15) is 0 Å². The molecule has 7 heteroatoms. The molecule has 0 aliphatic heterocycles. The third-order valence-electron chi connectivity index (χ3n) is 2.35. The molecule has 0 atom stereocenters. The van der Waals surface area contributed by atoms with E-state index < -0.39 is 4.92 Å². The molecule has 0 saturated heterocycles. The third-order valence-corrected chi connectivity index (χ3v) is 3.00. The van der Waals surface area contributed by atoms with E-state index in [1.807, 2.05) is 20.8 Å². The molecule has 110 valence electrons. The Morgan fingerprint density at radius 2 is 2.05 bits per heavy atom. The Balaban J connectivity index is 2.51. The molecule has 0 spiro atoms. The van der Waals surface area contributed by atoms with Crippen molar-refractivity contribution in [3.63, 3.8) is 0 Å². The summed E-state index contributed by atoms with van der Waals surface area (Å²) >= 11 is 3.26. The van der Waals surface area contributed by atoms with Gasteiger partial charge in [-0.05, 0) is 42.8 Å². The Bertz CT molecular complexity index is 512. The van der Waals surface area contributed by atoms with E-state index in [0.717, 1.165) is 5.69 Å². The standard InChI is InChI=1S/C13H18BrN3O3/c1-13(2,3)16-12(18)6-7-15-11-5-4-9(17(19)20)8-10(11)14/h4-5,8,15H,6-7H2,1-3H3,(H,16,18). The molecule has 1 aromatic rings. The maximum Gasteiger partial charge on any atom is 0.270 e. The average Bonchev–Trinajstić information content (AvgIpc) is 2.28. The van der Waals surface area contributed by atoms with Crippen LogP contribution in [0, 0.1) is 10.1 Å². The van der Waals surface area contributed by atoms with Crippen molar-refractivity contribution in [2.45, 2.75) is 32.7 Å². The van der Waals surface area contributed by atoms with Crippen molar-refractivity contribution in [1.29, 1.82) is 0 Å². The normalized spacial score (nSPS) is 11.0. The predicted molar refractivity (Wildman–Crippen MR) is 81.8 cm³/mol. The zero-order valence-corrected chi connectivity index (χ0v) is 13.3. The van der Waals surface area contributed by atoms with Gasteiger partial charge >= 0.3 is 0 Å². The van der Waals surface area contributed by atoms with Crippen LogP contribution in [0.5, 0.6) is 0 Å². The number of carbonyl (C=O) groups is 1. The fourth-order valence-corrected chi connectivity index (χ4v) is 2.06. The van der Waals surface area contributed by atoms with Crippen molar-refractivity contribution >= 4 is 33.2 Å². The summed E-state index contributed by atoms with van der Waals surface area (Å²) < 4.78 is 0.600. The van der Waals surface area contributed by atoms with Crippen LogP contribution in [0.1, 0.15) is 27.2 Å². The molecule has 1 aromatic carbocycles. The van der Waals surface area contributed by atoms with Crippen LogP contribution < -0.4 is 10.6 Å². The highest BCUT2D eigenvalue weighted by Crippen LogP contribution is 2.26. The first-order valence-electron chi connectivity index (χ1n) is 6.18.